The van der Waals surface area contributed by atoms with Gasteiger partial charge in [0.15, 0.2) is 0 Å². The fourth-order valence-corrected chi connectivity index (χ4v) is 2.09. The molecule has 0 aromatic heterocycles. The monoisotopic (exact) mass is 298 g/mol. The van der Waals surface area contributed by atoms with Crippen LogP contribution in [0.3, 0.4) is 0 Å². The zero-order valence-electron chi connectivity index (χ0n) is 12.4. The van der Waals surface area contributed by atoms with Crippen LogP contribution >= 0.6 is 0 Å². The number of benzene rings is 2. The predicted molar refractivity (Wildman–Crippen MR) is 85.9 cm³/mol. The Labute approximate surface area is 129 Å². The van der Waals surface area contributed by atoms with Crippen molar-refractivity contribution in [2.24, 2.45) is 0 Å². The van der Waals surface area contributed by atoms with Crippen LogP contribution in [-0.4, -0.2) is 10.8 Å². The molecule has 0 bridgehead atoms. The molecule has 0 fully saturated rings. The van der Waals surface area contributed by atoms with Crippen molar-refractivity contribution in [1.29, 1.82) is 0 Å². The molecule has 0 aliphatic heterocycles. The van der Waals surface area contributed by atoms with E-state index in [1.807, 2.05) is 12.1 Å². The van der Waals surface area contributed by atoms with Crippen molar-refractivity contribution in [3.63, 3.8) is 0 Å². The number of amides is 1. The van der Waals surface area contributed by atoms with Crippen LogP contribution in [0.5, 0.6) is 0 Å². The van der Waals surface area contributed by atoms with Gasteiger partial charge in [-0.1, -0.05) is 31.2 Å². The summed E-state index contributed by atoms with van der Waals surface area (Å²) in [5.74, 6) is -0.103. The smallest absolute Gasteiger partial charge is 0.269 e. The maximum Gasteiger partial charge on any atom is 0.269 e. The third kappa shape index (κ3) is 4.41. The van der Waals surface area contributed by atoms with Crippen LogP contribution < -0.4 is 5.32 Å². The summed E-state index contributed by atoms with van der Waals surface area (Å²) in [4.78, 5) is 22.0. The van der Waals surface area contributed by atoms with Gasteiger partial charge in [-0.2, -0.15) is 0 Å². The van der Waals surface area contributed by atoms with Crippen molar-refractivity contribution in [1.82, 2.24) is 0 Å². The van der Waals surface area contributed by atoms with Crippen LogP contribution in [0.4, 0.5) is 11.4 Å². The first-order valence-electron chi connectivity index (χ1n) is 7.20. The second-order valence-corrected chi connectivity index (χ2v) is 5.02. The van der Waals surface area contributed by atoms with Gasteiger partial charge in [0, 0.05) is 24.2 Å². The van der Waals surface area contributed by atoms with Gasteiger partial charge in [-0.05, 0) is 36.1 Å². The minimum atomic E-state index is -0.467. The maximum absolute atomic E-state index is 11.9. The molecule has 114 valence electrons. The fourth-order valence-electron chi connectivity index (χ4n) is 2.09. The Hall–Kier alpha value is -2.69. The molecule has 2 aromatic carbocycles. The highest BCUT2D eigenvalue weighted by molar-refractivity contribution is 5.90. The number of nitro benzene ring substituents is 1. The quantitative estimate of drug-likeness (QED) is 0.652. The van der Waals surface area contributed by atoms with Crippen molar-refractivity contribution in [2.75, 3.05) is 5.32 Å². The lowest BCUT2D eigenvalue weighted by molar-refractivity contribution is -0.384. The summed E-state index contributed by atoms with van der Waals surface area (Å²) in [5.41, 5.74) is 2.97. The Kier molecular flexibility index (Phi) is 5.25. The number of hydrogen-bond donors (Lipinski definition) is 1. The molecule has 5 nitrogen and oxygen atoms in total. The normalized spacial score (nSPS) is 10.2. The lowest BCUT2D eigenvalue weighted by Crippen LogP contribution is -2.12. The molecule has 0 unspecified atom stereocenters. The summed E-state index contributed by atoms with van der Waals surface area (Å²) in [6, 6.07) is 14.0. The van der Waals surface area contributed by atoms with Gasteiger partial charge >= 0.3 is 0 Å². The summed E-state index contributed by atoms with van der Waals surface area (Å²) in [6.45, 7) is 2.10. The zero-order valence-corrected chi connectivity index (χ0v) is 12.4. The number of hydrogen-bond acceptors (Lipinski definition) is 3. The molecule has 1 amide bonds. The minimum Gasteiger partial charge on any atom is -0.326 e. The average Bonchev–Trinajstić information content (AvgIpc) is 2.54. The van der Waals surface area contributed by atoms with Gasteiger partial charge < -0.3 is 5.32 Å². The summed E-state index contributed by atoms with van der Waals surface area (Å²) in [6.07, 6.45) is 2.05. The number of nitrogens with zero attached hydrogens (tertiary/aromatic N) is 1. The van der Waals surface area contributed by atoms with Gasteiger partial charge in [-0.25, -0.2) is 0 Å². The van der Waals surface area contributed by atoms with Crippen LogP contribution in [0.25, 0.3) is 0 Å². The van der Waals surface area contributed by atoms with E-state index in [-0.39, 0.29) is 11.6 Å². The number of nitrogens with one attached hydrogen (secondary N) is 1. The summed E-state index contributed by atoms with van der Waals surface area (Å²) >= 11 is 0. The third-order valence-corrected chi connectivity index (χ3v) is 3.43. The van der Waals surface area contributed by atoms with Crippen LogP contribution in [0, 0.1) is 10.1 Å². The molecule has 0 radical (unpaired) electrons. The molecule has 0 atom stereocenters. The van der Waals surface area contributed by atoms with Gasteiger partial charge in [0.25, 0.3) is 5.69 Å². The van der Waals surface area contributed by atoms with Crippen LogP contribution in [-0.2, 0) is 17.6 Å². The van der Waals surface area contributed by atoms with E-state index in [1.54, 1.807) is 0 Å². The molecule has 0 saturated heterocycles. The predicted octanol–water partition coefficient (Wildman–Crippen LogP) is 3.73. The van der Waals surface area contributed by atoms with Crippen LogP contribution in [0.15, 0.2) is 48.5 Å². The molecule has 0 aliphatic rings. The first-order valence-corrected chi connectivity index (χ1v) is 7.20. The molecule has 22 heavy (non-hydrogen) atoms. The van der Waals surface area contributed by atoms with Crippen molar-refractivity contribution >= 4 is 17.3 Å². The number of nitro groups is 1. The maximum atomic E-state index is 11.9. The molecule has 5 heteroatoms. The van der Waals surface area contributed by atoms with E-state index < -0.39 is 4.92 Å². The van der Waals surface area contributed by atoms with Crippen molar-refractivity contribution in [2.45, 2.75) is 26.2 Å². The Morgan fingerprint density at radius 1 is 1.05 bits per heavy atom. The number of anilines is 1. The highest BCUT2D eigenvalue weighted by Gasteiger charge is 2.06. The van der Waals surface area contributed by atoms with Crippen LogP contribution in [0.1, 0.15) is 24.5 Å². The molecule has 0 saturated carbocycles. The first kappa shape index (κ1) is 15.7. The summed E-state index contributed by atoms with van der Waals surface area (Å²) in [5, 5.41) is 13.3. The number of carbonyl (C=O) groups is 1. The highest BCUT2D eigenvalue weighted by atomic mass is 16.6. The molecule has 0 spiro atoms. The minimum absolute atomic E-state index is 0.00835. The molecular weight excluding hydrogens is 280 g/mol. The lowest BCUT2D eigenvalue weighted by Gasteiger charge is -2.06. The van der Waals surface area contributed by atoms with E-state index in [1.165, 1.54) is 29.8 Å². The molecule has 2 aromatic rings. The van der Waals surface area contributed by atoms with E-state index in [2.05, 4.69) is 24.4 Å². The topological polar surface area (TPSA) is 72.2 Å². The Bertz CT molecular complexity index is 649. The number of non-ortho nitro benzene ring substituents is 1. The second-order valence-electron chi connectivity index (χ2n) is 5.02. The SMILES string of the molecule is CCc1ccc(CCC(=O)Nc2ccc([N+](=O)[O-])cc2)cc1. The number of aryl methyl sites for hydroxylation is 2. The van der Waals surface area contributed by atoms with E-state index >= 15 is 0 Å². The van der Waals surface area contributed by atoms with Crippen molar-refractivity contribution in [3.05, 3.63) is 69.8 Å². The van der Waals surface area contributed by atoms with E-state index in [0.29, 0.717) is 18.5 Å². The summed E-state index contributed by atoms with van der Waals surface area (Å²) in [7, 11) is 0. The zero-order chi connectivity index (χ0) is 15.9. The molecule has 2 rings (SSSR count). The second kappa shape index (κ2) is 7.36. The van der Waals surface area contributed by atoms with Gasteiger partial charge in [0.2, 0.25) is 5.91 Å². The lowest BCUT2D eigenvalue weighted by atomic mass is 10.1. The Morgan fingerprint density at radius 3 is 2.18 bits per heavy atom. The van der Waals surface area contributed by atoms with Gasteiger partial charge in [0.05, 0.1) is 4.92 Å². The third-order valence-electron chi connectivity index (χ3n) is 3.43. The molecule has 0 aliphatic carbocycles. The molecule has 0 heterocycles. The Morgan fingerprint density at radius 2 is 1.64 bits per heavy atom. The fraction of sp³-hybridized carbons (Fsp3) is 0.235. The molecule has 1 N–H and O–H groups in total. The highest BCUT2D eigenvalue weighted by Crippen LogP contribution is 2.16. The standard InChI is InChI=1S/C17H18N2O3/c1-2-13-3-5-14(6-4-13)7-12-17(20)18-15-8-10-16(11-9-15)19(21)22/h3-6,8-11H,2,7,12H2,1H3,(H,18,20). The van der Waals surface area contributed by atoms with E-state index in [4.69, 9.17) is 0 Å². The van der Waals surface area contributed by atoms with Crippen molar-refractivity contribution in [3.8, 4) is 0 Å². The summed E-state index contributed by atoms with van der Waals surface area (Å²) < 4.78 is 0. The van der Waals surface area contributed by atoms with E-state index in [9.17, 15) is 14.9 Å². The van der Waals surface area contributed by atoms with E-state index in [0.717, 1.165) is 12.0 Å². The first-order chi connectivity index (χ1) is 10.6. The van der Waals surface area contributed by atoms with Gasteiger partial charge in [0.1, 0.15) is 0 Å². The Balaban J connectivity index is 1.85. The van der Waals surface area contributed by atoms with Crippen LogP contribution in [0.2, 0.25) is 0 Å². The number of carbonyl (C=O) groups excluding carboxylic acids is 1. The largest absolute Gasteiger partial charge is 0.326 e. The van der Waals surface area contributed by atoms with Gasteiger partial charge in [-0.3, -0.25) is 14.9 Å². The van der Waals surface area contributed by atoms with Gasteiger partial charge in [-0.15, -0.1) is 0 Å². The van der Waals surface area contributed by atoms with Crippen molar-refractivity contribution < 1.29 is 9.72 Å². The average molecular weight is 298 g/mol. The molecular formula is C17H18N2O3. The number of rotatable bonds is 6.